The van der Waals surface area contributed by atoms with E-state index in [4.69, 9.17) is 4.74 Å². The molecule has 6 nitrogen and oxygen atoms in total. The summed E-state index contributed by atoms with van der Waals surface area (Å²) in [5, 5.41) is 9.93. The van der Waals surface area contributed by atoms with Gasteiger partial charge in [0.15, 0.2) is 0 Å². The number of carbonyl (C=O) groups excluding carboxylic acids is 1. The summed E-state index contributed by atoms with van der Waals surface area (Å²) in [7, 11) is 0. The Morgan fingerprint density at radius 1 is 1.40 bits per heavy atom. The first kappa shape index (κ1) is 17.6. The molecule has 1 saturated heterocycles. The van der Waals surface area contributed by atoms with Crippen molar-refractivity contribution in [3.63, 3.8) is 0 Å². The topological polar surface area (TPSA) is 70.2 Å². The maximum atomic E-state index is 12.1. The lowest BCUT2D eigenvalue weighted by atomic mass is 10.2. The molecule has 1 fully saturated rings. The molecule has 2 heterocycles. The first-order chi connectivity index (χ1) is 12.2. The largest absolute Gasteiger partial charge is 0.375 e. The highest BCUT2D eigenvalue weighted by Crippen LogP contribution is 2.10. The number of hydrogen-bond donors (Lipinski definition) is 2. The number of carbonyl (C=O) groups is 1. The van der Waals surface area contributed by atoms with Crippen LogP contribution in [0, 0.1) is 6.92 Å². The van der Waals surface area contributed by atoms with Crippen LogP contribution < -0.4 is 5.32 Å². The Labute approximate surface area is 148 Å². The van der Waals surface area contributed by atoms with Crippen molar-refractivity contribution in [1.82, 2.24) is 20.4 Å². The molecular weight excluding hydrogens is 316 g/mol. The molecule has 1 aliphatic heterocycles. The van der Waals surface area contributed by atoms with Gasteiger partial charge in [0, 0.05) is 38.5 Å². The Morgan fingerprint density at radius 3 is 3.00 bits per heavy atom. The van der Waals surface area contributed by atoms with Crippen molar-refractivity contribution in [2.75, 3.05) is 26.2 Å². The van der Waals surface area contributed by atoms with Crippen LogP contribution in [0.25, 0.3) is 0 Å². The number of aromatic nitrogens is 2. The Bertz CT molecular complexity index is 671. The van der Waals surface area contributed by atoms with Crippen molar-refractivity contribution < 1.29 is 9.53 Å². The summed E-state index contributed by atoms with van der Waals surface area (Å²) in [4.78, 5) is 14.5. The van der Waals surface area contributed by atoms with Gasteiger partial charge in [0.1, 0.15) is 0 Å². The van der Waals surface area contributed by atoms with E-state index in [1.54, 1.807) is 0 Å². The fraction of sp³-hybridized carbons (Fsp3) is 0.474. The zero-order chi connectivity index (χ0) is 17.5. The second-order valence-corrected chi connectivity index (χ2v) is 6.59. The fourth-order valence-electron chi connectivity index (χ4n) is 3.10. The molecule has 0 spiro atoms. The van der Waals surface area contributed by atoms with Crippen LogP contribution >= 0.6 is 0 Å². The highest BCUT2D eigenvalue weighted by Gasteiger charge is 2.19. The number of nitrogens with zero attached hydrogens (tertiary/aromatic N) is 2. The summed E-state index contributed by atoms with van der Waals surface area (Å²) in [5.41, 5.74) is 3.04. The summed E-state index contributed by atoms with van der Waals surface area (Å²) in [5.74, 6) is -0.0195. The fourth-order valence-corrected chi connectivity index (χ4v) is 3.10. The molecule has 0 saturated carbocycles. The van der Waals surface area contributed by atoms with Crippen LogP contribution in [0.3, 0.4) is 0 Å². The minimum atomic E-state index is -0.0195. The number of aryl methyl sites for hydroxylation is 1. The molecule has 1 aliphatic rings. The number of ether oxygens (including phenoxy) is 1. The molecule has 1 aromatic carbocycles. The highest BCUT2D eigenvalue weighted by atomic mass is 16.5. The quantitative estimate of drug-likeness (QED) is 0.838. The van der Waals surface area contributed by atoms with Gasteiger partial charge < -0.3 is 10.1 Å². The van der Waals surface area contributed by atoms with Crippen LogP contribution in [0.15, 0.2) is 36.4 Å². The third-order valence-electron chi connectivity index (χ3n) is 4.31. The van der Waals surface area contributed by atoms with Gasteiger partial charge in [-0.2, -0.15) is 5.10 Å². The molecule has 2 aromatic rings. The van der Waals surface area contributed by atoms with Crippen molar-refractivity contribution in [3.8, 4) is 0 Å². The highest BCUT2D eigenvalue weighted by molar-refractivity contribution is 5.78. The van der Waals surface area contributed by atoms with E-state index >= 15 is 0 Å². The molecular formula is C19H26N4O2. The number of rotatable bonds is 6. The standard InChI is InChI=1S/C19H26N4O2/c1-15-10-17(22-21-15)11-19(24)20-12-18-14-23(8-5-9-25-18)13-16-6-3-2-4-7-16/h2-4,6-7,10,18H,5,8-9,11-14H2,1H3,(H,20,24)(H,21,22). The van der Waals surface area contributed by atoms with Gasteiger partial charge in [-0.3, -0.25) is 14.8 Å². The molecule has 6 heteroatoms. The molecule has 1 atom stereocenters. The molecule has 3 rings (SSSR count). The summed E-state index contributed by atoms with van der Waals surface area (Å²) < 4.78 is 5.90. The minimum Gasteiger partial charge on any atom is -0.375 e. The third kappa shape index (κ3) is 5.69. The summed E-state index contributed by atoms with van der Waals surface area (Å²) >= 11 is 0. The zero-order valence-electron chi connectivity index (χ0n) is 14.7. The van der Waals surface area contributed by atoms with E-state index in [2.05, 4.69) is 44.7 Å². The lowest BCUT2D eigenvalue weighted by Crippen LogP contribution is -2.40. The predicted octanol–water partition coefficient (Wildman–Crippen LogP) is 1.67. The van der Waals surface area contributed by atoms with Gasteiger partial charge in [-0.25, -0.2) is 0 Å². The van der Waals surface area contributed by atoms with Crippen molar-refractivity contribution in [2.45, 2.75) is 32.4 Å². The number of amides is 1. The zero-order valence-corrected chi connectivity index (χ0v) is 14.7. The normalized spacial score (nSPS) is 18.7. The molecule has 1 aromatic heterocycles. The van der Waals surface area contributed by atoms with Gasteiger partial charge in [-0.15, -0.1) is 0 Å². The Hall–Kier alpha value is -2.18. The van der Waals surface area contributed by atoms with Crippen LogP contribution in [-0.4, -0.2) is 53.3 Å². The van der Waals surface area contributed by atoms with Gasteiger partial charge in [0.25, 0.3) is 0 Å². The van der Waals surface area contributed by atoms with Crippen LogP contribution in [0.5, 0.6) is 0 Å². The predicted molar refractivity (Wildman–Crippen MR) is 96.1 cm³/mol. The first-order valence-electron chi connectivity index (χ1n) is 8.84. The molecule has 1 amide bonds. The Balaban J connectivity index is 1.46. The SMILES string of the molecule is Cc1cc(CC(=O)NCC2CN(Cc3ccccc3)CCCO2)n[nH]1. The number of benzene rings is 1. The molecule has 134 valence electrons. The van der Waals surface area contributed by atoms with E-state index in [0.29, 0.717) is 13.0 Å². The molecule has 0 bridgehead atoms. The minimum absolute atomic E-state index is 0.0195. The summed E-state index contributed by atoms with van der Waals surface area (Å²) in [6.07, 6.45) is 1.34. The molecule has 2 N–H and O–H groups in total. The van der Waals surface area contributed by atoms with E-state index in [1.165, 1.54) is 5.56 Å². The van der Waals surface area contributed by atoms with Gasteiger partial charge in [0.05, 0.1) is 18.2 Å². The lowest BCUT2D eigenvalue weighted by Gasteiger charge is -2.24. The summed E-state index contributed by atoms with van der Waals surface area (Å²) in [6.45, 7) is 5.97. The van der Waals surface area contributed by atoms with Crippen LogP contribution in [0.4, 0.5) is 0 Å². The third-order valence-corrected chi connectivity index (χ3v) is 4.31. The molecule has 25 heavy (non-hydrogen) atoms. The molecule has 0 aliphatic carbocycles. The van der Waals surface area contributed by atoms with Gasteiger partial charge >= 0.3 is 0 Å². The van der Waals surface area contributed by atoms with E-state index in [9.17, 15) is 4.79 Å². The van der Waals surface area contributed by atoms with Gasteiger partial charge in [-0.1, -0.05) is 30.3 Å². The van der Waals surface area contributed by atoms with Crippen molar-refractivity contribution in [2.24, 2.45) is 0 Å². The van der Waals surface area contributed by atoms with Gasteiger partial charge in [0.2, 0.25) is 5.91 Å². The van der Waals surface area contributed by atoms with E-state index in [1.807, 2.05) is 19.1 Å². The first-order valence-corrected chi connectivity index (χ1v) is 8.84. The van der Waals surface area contributed by atoms with Crippen molar-refractivity contribution in [3.05, 3.63) is 53.3 Å². The second kappa shape index (κ2) is 8.78. The number of hydrogen-bond acceptors (Lipinski definition) is 4. The van der Waals surface area contributed by atoms with E-state index in [0.717, 1.165) is 44.0 Å². The monoisotopic (exact) mass is 342 g/mol. The van der Waals surface area contributed by atoms with Crippen LogP contribution in [0.1, 0.15) is 23.4 Å². The summed E-state index contributed by atoms with van der Waals surface area (Å²) in [6, 6.07) is 12.4. The Morgan fingerprint density at radius 2 is 2.24 bits per heavy atom. The lowest BCUT2D eigenvalue weighted by molar-refractivity contribution is -0.121. The molecule has 1 unspecified atom stereocenters. The second-order valence-electron chi connectivity index (χ2n) is 6.59. The average molecular weight is 342 g/mol. The number of aromatic amines is 1. The maximum absolute atomic E-state index is 12.1. The average Bonchev–Trinajstić information content (AvgIpc) is 2.88. The van der Waals surface area contributed by atoms with Crippen molar-refractivity contribution in [1.29, 1.82) is 0 Å². The van der Waals surface area contributed by atoms with Crippen molar-refractivity contribution >= 4 is 5.91 Å². The molecule has 0 radical (unpaired) electrons. The number of H-pyrrole nitrogens is 1. The van der Waals surface area contributed by atoms with E-state index in [-0.39, 0.29) is 12.0 Å². The smallest absolute Gasteiger partial charge is 0.226 e. The maximum Gasteiger partial charge on any atom is 0.226 e. The number of nitrogens with one attached hydrogen (secondary N) is 2. The van der Waals surface area contributed by atoms with Crippen LogP contribution in [0.2, 0.25) is 0 Å². The Kier molecular flexibility index (Phi) is 6.19. The van der Waals surface area contributed by atoms with Gasteiger partial charge in [-0.05, 0) is 25.0 Å². The van der Waals surface area contributed by atoms with Crippen LogP contribution in [-0.2, 0) is 22.5 Å². The van der Waals surface area contributed by atoms with E-state index < -0.39 is 0 Å².